The topological polar surface area (TPSA) is 49.8 Å². The minimum absolute atomic E-state index is 0.0273. The maximum absolute atomic E-state index is 11.5. The molecule has 0 saturated carbocycles. The van der Waals surface area contributed by atoms with E-state index in [1.807, 2.05) is 0 Å². The number of hydrogen-bond donors (Lipinski definition) is 1. The molecule has 76 valence electrons. The third kappa shape index (κ3) is 2.93. The molecule has 1 rings (SSSR count). The van der Waals surface area contributed by atoms with Crippen LogP contribution in [0.5, 0.6) is 0 Å². The minimum atomic E-state index is -0.219. The number of nitrogens with zero attached hydrogens (tertiary/aromatic N) is 1. The predicted octanol–water partition coefficient (Wildman–Crippen LogP) is -0.0105. The van der Waals surface area contributed by atoms with Crippen LogP contribution in [0.3, 0.4) is 0 Å². The number of rotatable bonds is 2. The van der Waals surface area contributed by atoms with Gasteiger partial charge in [-0.15, -0.1) is 0 Å². The third-order valence-corrected chi connectivity index (χ3v) is 2.39. The summed E-state index contributed by atoms with van der Waals surface area (Å²) in [6, 6.07) is 0. The molecular weight excluding hydrogens is 238 g/mol. The molecule has 0 aliphatic carbocycles. The molecule has 0 radical (unpaired) electrons. The fraction of sp³-hybridized carbons (Fsp3) is 0.875. The lowest BCUT2D eigenvalue weighted by atomic mass is 10.2. The Morgan fingerprint density at radius 1 is 1.85 bits per heavy atom. The number of carbonyl (C=O) groups is 1. The van der Waals surface area contributed by atoms with Crippen LogP contribution < -0.4 is 0 Å². The van der Waals surface area contributed by atoms with Crippen LogP contribution >= 0.6 is 15.9 Å². The highest BCUT2D eigenvalue weighted by atomic mass is 79.9. The van der Waals surface area contributed by atoms with Gasteiger partial charge in [0, 0.05) is 13.1 Å². The number of alkyl halides is 1. The molecule has 1 fully saturated rings. The number of aliphatic hydroxyl groups excluding tert-OH is 1. The Morgan fingerprint density at radius 2 is 2.54 bits per heavy atom. The zero-order chi connectivity index (χ0) is 9.84. The lowest BCUT2D eigenvalue weighted by molar-refractivity contribution is -0.139. The largest absolute Gasteiger partial charge is 0.394 e. The van der Waals surface area contributed by atoms with Gasteiger partial charge in [0.25, 0.3) is 0 Å². The maximum atomic E-state index is 11.5. The fourth-order valence-corrected chi connectivity index (χ4v) is 1.57. The molecule has 1 saturated heterocycles. The second-order valence-electron chi connectivity index (χ2n) is 3.08. The molecule has 1 amide bonds. The van der Waals surface area contributed by atoms with E-state index in [0.29, 0.717) is 19.7 Å². The summed E-state index contributed by atoms with van der Waals surface area (Å²) < 4.78 is 5.23. The van der Waals surface area contributed by atoms with E-state index >= 15 is 0 Å². The first-order chi connectivity index (χ1) is 6.15. The van der Waals surface area contributed by atoms with Crippen molar-refractivity contribution < 1.29 is 14.6 Å². The van der Waals surface area contributed by atoms with Crippen molar-refractivity contribution in [1.29, 1.82) is 0 Å². The minimum Gasteiger partial charge on any atom is -0.394 e. The summed E-state index contributed by atoms with van der Waals surface area (Å²) in [7, 11) is 0. The Bertz CT molecular complexity index is 186. The summed E-state index contributed by atoms with van der Waals surface area (Å²) in [5, 5.41) is 8.85. The highest BCUT2D eigenvalue weighted by molar-refractivity contribution is 9.10. The van der Waals surface area contributed by atoms with Crippen LogP contribution in [-0.2, 0) is 9.53 Å². The first-order valence-electron chi connectivity index (χ1n) is 4.30. The van der Waals surface area contributed by atoms with Crippen molar-refractivity contribution in [1.82, 2.24) is 4.90 Å². The van der Waals surface area contributed by atoms with Crippen LogP contribution in [0.4, 0.5) is 0 Å². The van der Waals surface area contributed by atoms with E-state index in [-0.39, 0.29) is 23.4 Å². The molecule has 5 heteroatoms. The molecule has 0 aromatic carbocycles. The summed E-state index contributed by atoms with van der Waals surface area (Å²) in [5.41, 5.74) is 0. The molecule has 0 spiro atoms. The van der Waals surface area contributed by atoms with Crippen molar-refractivity contribution in [3.05, 3.63) is 0 Å². The van der Waals surface area contributed by atoms with Crippen molar-refractivity contribution in [3.8, 4) is 0 Å². The van der Waals surface area contributed by atoms with Crippen molar-refractivity contribution >= 4 is 21.8 Å². The fourth-order valence-electron chi connectivity index (χ4n) is 1.28. The van der Waals surface area contributed by atoms with Gasteiger partial charge in [-0.1, -0.05) is 15.9 Å². The Hall–Kier alpha value is -0.130. The standard InChI is InChI=1S/C8H14BrNO3/c1-6(9)8(12)10-2-3-13-7(4-10)5-11/h6-7,11H,2-5H2,1H3. The van der Waals surface area contributed by atoms with E-state index in [0.717, 1.165) is 0 Å². The van der Waals surface area contributed by atoms with Crippen molar-refractivity contribution in [2.24, 2.45) is 0 Å². The average Bonchev–Trinajstić information content (AvgIpc) is 2.16. The summed E-state index contributed by atoms with van der Waals surface area (Å²) in [4.78, 5) is 13.1. The molecule has 0 aromatic heterocycles. The van der Waals surface area contributed by atoms with E-state index in [2.05, 4.69) is 15.9 Å². The van der Waals surface area contributed by atoms with E-state index in [4.69, 9.17) is 9.84 Å². The van der Waals surface area contributed by atoms with Crippen LogP contribution in [-0.4, -0.2) is 53.1 Å². The molecular formula is C8H14BrNO3. The summed E-state index contributed by atoms with van der Waals surface area (Å²) >= 11 is 3.22. The van der Waals surface area contributed by atoms with Gasteiger partial charge in [-0.05, 0) is 6.92 Å². The van der Waals surface area contributed by atoms with Crippen LogP contribution in [0.1, 0.15) is 6.92 Å². The molecule has 4 nitrogen and oxygen atoms in total. The average molecular weight is 252 g/mol. The van der Waals surface area contributed by atoms with E-state index in [1.54, 1.807) is 11.8 Å². The van der Waals surface area contributed by atoms with Crippen LogP contribution in [0.25, 0.3) is 0 Å². The van der Waals surface area contributed by atoms with Gasteiger partial charge in [0.05, 0.1) is 24.1 Å². The van der Waals surface area contributed by atoms with E-state index in [9.17, 15) is 4.79 Å². The molecule has 1 heterocycles. The number of ether oxygens (including phenoxy) is 1. The van der Waals surface area contributed by atoms with E-state index < -0.39 is 0 Å². The van der Waals surface area contributed by atoms with Gasteiger partial charge in [0.2, 0.25) is 5.91 Å². The number of halogens is 1. The van der Waals surface area contributed by atoms with E-state index in [1.165, 1.54) is 0 Å². The first kappa shape index (κ1) is 10.9. The van der Waals surface area contributed by atoms with Crippen LogP contribution in [0.15, 0.2) is 0 Å². The Labute approximate surface area is 86.0 Å². The van der Waals surface area contributed by atoms with Gasteiger partial charge in [-0.3, -0.25) is 4.79 Å². The second kappa shape index (κ2) is 4.93. The monoisotopic (exact) mass is 251 g/mol. The molecule has 13 heavy (non-hydrogen) atoms. The lowest BCUT2D eigenvalue weighted by Crippen LogP contribution is -2.48. The Morgan fingerprint density at radius 3 is 3.08 bits per heavy atom. The second-order valence-corrected chi connectivity index (χ2v) is 4.45. The van der Waals surface area contributed by atoms with Gasteiger partial charge < -0.3 is 14.7 Å². The van der Waals surface area contributed by atoms with Gasteiger partial charge >= 0.3 is 0 Å². The van der Waals surface area contributed by atoms with Crippen molar-refractivity contribution in [3.63, 3.8) is 0 Å². The molecule has 0 bridgehead atoms. The number of hydrogen-bond acceptors (Lipinski definition) is 3. The summed E-state index contributed by atoms with van der Waals surface area (Å²) in [6.45, 7) is 3.39. The zero-order valence-electron chi connectivity index (χ0n) is 7.57. The zero-order valence-corrected chi connectivity index (χ0v) is 9.16. The van der Waals surface area contributed by atoms with Gasteiger partial charge in [0.15, 0.2) is 0 Å². The highest BCUT2D eigenvalue weighted by Crippen LogP contribution is 2.09. The van der Waals surface area contributed by atoms with Gasteiger partial charge in [-0.2, -0.15) is 0 Å². The number of amides is 1. The normalized spacial score (nSPS) is 25.8. The molecule has 1 N–H and O–H groups in total. The first-order valence-corrected chi connectivity index (χ1v) is 5.22. The number of aliphatic hydroxyl groups is 1. The maximum Gasteiger partial charge on any atom is 0.236 e. The van der Waals surface area contributed by atoms with Crippen molar-refractivity contribution in [2.75, 3.05) is 26.3 Å². The summed E-state index contributed by atoms with van der Waals surface area (Å²) in [5.74, 6) is 0.0572. The SMILES string of the molecule is CC(Br)C(=O)N1CCOC(CO)C1. The molecule has 1 aliphatic heterocycles. The smallest absolute Gasteiger partial charge is 0.236 e. The molecule has 2 unspecified atom stereocenters. The predicted molar refractivity (Wildman–Crippen MR) is 51.8 cm³/mol. The Kier molecular flexibility index (Phi) is 4.15. The molecule has 0 aromatic rings. The third-order valence-electron chi connectivity index (χ3n) is 1.99. The molecule has 2 atom stereocenters. The lowest BCUT2D eigenvalue weighted by Gasteiger charge is -2.32. The number of morpholine rings is 1. The van der Waals surface area contributed by atoms with Gasteiger partial charge in [-0.25, -0.2) is 0 Å². The molecule has 1 aliphatic rings. The van der Waals surface area contributed by atoms with Crippen LogP contribution in [0, 0.1) is 0 Å². The van der Waals surface area contributed by atoms with Gasteiger partial charge in [0.1, 0.15) is 0 Å². The summed E-state index contributed by atoms with van der Waals surface area (Å²) in [6.07, 6.45) is -0.219. The van der Waals surface area contributed by atoms with Crippen LogP contribution in [0.2, 0.25) is 0 Å². The highest BCUT2D eigenvalue weighted by Gasteiger charge is 2.25. The van der Waals surface area contributed by atoms with Crippen molar-refractivity contribution in [2.45, 2.75) is 17.9 Å². The quantitative estimate of drug-likeness (QED) is 0.703. The Balaban J connectivity index is 2.46. The number of carbonyl (C=O) groups excluding carboxylic acids is 1.